The molecule has 0 aromatic heterocycles. The zero-order valence-electron chi connectivity index (χ0n) is 9.89. The Morgan fingerprint density at radius 1 is 1.19 bits per heavy atom. The average Bonchev–Trinajstić information content (AvgIpc) is 2.21. The molecule has 1 nitrogen and oxygen atoms in total. The van der Waals surface area contributed by atoms with Crippen LogP contribution in [0.2, 0.25) is 10.0 Å². The summed E-state index contributed by atoms with van der Waals surface area (Å²) in [6.07, 6.45) is 2.45. The van der Waals surface area contributed by atoms with Crippen LogP contribution in [-0.2, 0) is 6.54 Å². The van der Waals surface area contributed by atoms with Gasteiger partial charge in [-0.1, -0.05) is 43.1 Å². The van der Waals surface area contributed by atoms with Crippen LogP contribution in [0.15, 0.2) is 18.2 Å². The van der Waals surface area contributed by atoms with Gasteiger partial charge in [-0.15, -0.1) is 0 Å². The molecule has 0 aliphatic carbocycles. The van der Waals surface area contributed by atoms with Crippen molar-refractivity contribution in [2.24, 2.45) is 5.92 Å². The number of rotatable bonds is 6. The molecule has 90 valence electrons. The largest absolute Gasteiger partial charge is 0.313 e. The van der Waals surface area contributed by atoms with E-state index in [1.165, 1.54) is 12.8 Å². The van der Waals surface area contributed by atoms with Gasteiger partial charge in [0.1, 0.15) is 0 Å². The lowest BCUT2D eigenvalue weighted by atomic mass is 10.1. The topological polar surface area (TPSA) is 12.0 Å². The molecule has 0 amide bonds. The lowest BCUT2D eigenvalue weighted by Crippen LogP contribution is -2.15. The first-order valence-electron chi connectivity index (χ1n) is 5.75. The summed E-state index contributed by atoms with van der Waals surface area (Å²) in [7, 11) is 0. The highest BCUT2D eigenvalue weighted by atomic mass is 35.5. The molecule has 1 rings (SSSR count). The van der Waals surface area contributed by atoms with Crippen molar-refractivity contribution in [3.63, 3.8) is 0 Å². The molecule has 1 aromatic rings. The van der Waals surface area contributed by atoms with Crippen molar-refractivity contribution >= 4 is 23.2 Å². The van der Waals surface area contributed by atoms with Gasteiger partial charge in [-0.05, 0) is 37.4 Å². The normalized spacial score (nSPS) is 11.1. The van der Waals surface area contributed by atoms with Crippen LogP contribution in [0.5, 0.6) is 0 Å². The van der Waals surface area contributed by atoms with E-state index in [0.29, 0.717) is 0 Å². The van der Waals surface area contributed by atoms with Crippen molar-refractivity contribution in [3.8, 4) is 0 Å². The summed E-state index contributed by atoms with van der Waals surface area (Å²) in [5.41, 5.74) is 0.996. The fourth-order valence-electron chi connectivity index (χ4n) is 1.55. The van der Waals surface area contributed by atoms with Gasteiger partial charge in [0.15, 0.2) is 0 Å². The first kappa shape index (κ1) is 13.8. The average molecular weight is 260 g/mol. The molecule has 0 fully saturated rings. The highest BCUT2D eigenvalue weighted by Crippen LogP contribution is 2.23. The molecular weight excluding hydrogens is 241 g/mol. The second-order valence-electron chi connectivity index (χ2n) is 4.41. The Kier molecular flexibility index (Phi) is 6.18. The van der Waals surface area contributed by atoms with Crippen LogP contribution in [-0.4, -0.2) is 6.54 Å². The minimum Gasteiger partial charge on any atom is -0.313 e. The molecule has 0 aliphatic rings. The Bertz CT molecular complexity index is 303. The molecule has 0 spiro atoms. The van der Waals surface area contributed by atoms with Crippen molar-refractivity contribution < 1.29 is 0 Å². The second-order valence-corrected chi connectivity index (χ2v) is 5.23. The van der Waals surface area contributed by atoms with Gasteiger partial charge in [0.05, 0.1) is 0 Å². The molecule has 0 saturated carbocycles. The van der Waals surface area contributed by atoms with E-state index in [9.17, 15) is 0 Å². The first-order chi connectivity index (χ1) is 7.61. The maximum atomic E-state index is 6.07. The predicted molar refractivity (Wildman–Crippen MR) is 72.2 cm³/mol. The number of nitrogens with one attached hydrogen (secondary N) is 1. The van der Waals surface area contributed by atoms with Gasteiger partial charge >= 0.3 is 0 Å². The van der Waals surface area contributed by atoms with Crippen LogP contribution >= 0.6 is 23.2 Å². The predicted octanol–water partition coefficient (Wildman–Crippen LogP) is 4.52. The van der Waals surface area contributed by atoms with Crippen molar-refractivity contribution in [2.45, 2.75) is 33.2 Å². The Balaban J connectivity index is 2.32. The minimum absolute atomic E-state index is 0.740. The number of hydrogen-bond acceptors (Lipinski definition) is 1. The van der Waals surface area contributed by atoms with E-state index in [1.807, 2.05) is 18.2 Å². The monoisotopic (exact) mass is 259 g/mol. The molecule has 1 aromatic carbocycles. The van der Waals surface area contributed by atoms with Crippen LogP contribution in [0, 0.1) is 5.92 Å². The van der Waals surface area contributed by atoms with Gasteiger partial charge in [-0.25, -0.2) is 0 Å². The van der Waals surface area contributed by atoms with E-state index < -0.39 is 0 Å². The SMILES string of the molecule is CC(C)CCCNCc1c(Cl)cccc1Cl. The fourth-order valence-corrected chi connectivity index (χ4v) is 2.08. The van der Waals surface area contributed by atoms with Gasteiger partial charge in [-0.2, -0.15) is 0 Å². The maximum absolute atomic E-state index is 6.07. The molecule has 0 heterocycles. The smallest absolute Gasteiger partial charge is 0.0465 e. The van der Waals surface area contributed by atoms with Gasteiger partial charge in [0.2, 0.25) is 0 Å². The highest BCUT2D eigenvalue weighted by molar-refractivity contribution is 6.35. The molecule has 0 unspecified atom stereocenters. The Morgan fingerprint density at radius 3 is 2.38 bits per heavy atom. The molecular formula is C13H19Cl2N. The summed E-state index contributed by atoms with van der Waals surface area (Å²) in [4.78, 5) is 0. The third-order valence-electron chi connectivity index (χ3n) is 2.50. The zero-order valence-corrected chi connectivity index (χ0v) is 11.4. The van der Waals surface area contributed by atoms with Crippen LogP contribution < -0.4 is 5.32 Å². The maximum Gasteiger partial charge on any atom is 0.0465 e. The van der Waals surface area contributed by atoms with Crippen molar-refractivity contribution in [1.82, 2.24) is 5.32 Å². The minimum atomic E-state index is 0.740. The lowest BCUT2D eigenvalue weighted by molar-refractivity contribution is 0.527. The van der Waals surface area contributed by atoms with Crippen LogP contribution in [0.1, 0.15) is 32.3 Å². The summed E-state index contributed by atoms with van der Waals surface area (Å²) in [5, 5.41) is 4.85. The molecule has 16 heavy (non-hydrogen) atoms. The number of hydrogen-bond donors (Lipinski definition) is 1. The standard InChI is InChI=1S/C13H19Cl2N/c1-10(2)5-4-8-16-9-11-12(14)6-3-7-13(11)15/h3,6-7,10,16H,4-5,8-9H2,1-2H3. The summed E-state index contributed by atoms with van der Waals surface area (Å²) in [6, 6.07) is 5.62. The molecule has 1 N–H and O–H groups in total. The first-order valence-corrected chi connectivity index (χ1v) is 6.50. The molecule has 0 bridgehead atoms. The number of halogens is 2. The van der Waals surface area contributed by atoms with Gasteiger partial charge in [0, 0.05) is 22.2 Å². The van der Waals surface area contributed by atoms with Crippen molar-refractivity contribution in [1.29, 1.82) is 0 Å². The lowest BCUT2D eigenvalue weighted by Gasteiger charge is -2.09. The highest BCUT2D eigenvalue weighted by Gasteiger charge is 2.04. The van der Waals surface area contributed by atoms with E-state index in [-0.39, 0.29) is 0 Å². The summed E-state index contributed by atoms with van der Waals surface area (Å²) < 4.78 is 0. The van der Waals surface area contributed by atoms with E-state index in [4.69, 9.17) is 23.2 Å². The van der Waals surface area contributed by atoms with E-state index in [0.717, 1.165) is 34.6 Å². The quantitative estimate of drug-likeness (QED) is 0.741. The fraction of sp³-hybridized carbons (Fsp3) is 0.538. The van der Waals surface area contributed by atoms with Gasteiger partial charge in [-0.3, -0.25) is 0 Å². The molecule has 0 aliphatic heterocycles. The molecule has 0 radical (unpaired) electrons. The molecule has 0 saturated heterocycles. The second kappa shape index (κ2) is 7.16. The van der Waals surface area contributed by atoms with Crippen LogP contribution in [0.25, 0.3) is 0 Å². The van der Waals surface area contributed by atoms with E-state index in [1.54, 1.807) is 0 Å². The summed E-state index contributed by atoms with van der Waals surface area (Å²) in [5.74, 6) is 0.769. The van der Waals surface area contributed by atoms with E-state index in [2.05, 4.69) is 19.2 Å². The zero-order chi connectivity index (χ0) is 12.0. The molecule has 3 heteroatoms. The van der Waals surface area contributed by atoms with Gasteiger partial charge in [0.25, 0.3) is 0 Å². The summed E-state index contributed by atoms with van der Waals surface area (Å²) in [6.45, 7) is 6.24. The van der Waals surface area contributed by atoms with Crippen LogP contribution in [0.3, 0.4) is 0 Å². The van der Waals surface area contributed by atoms with E-state index >= 15 is 0 Å². The Labute approximate surface area is 108 Å². The molecule has 0 atom stereocenters. The third kappa shape index (κ3) is 4.73. The van der Waals surface area contributed by atoms with Crippen molar-refractivity contribution in [3.05, 3.63) is 33.8 Å². The number of benzene rings is 1. The summed E-state index contributed by atoms with van der Waals surface area (Å²) >= 11 is 12.1. The van der Waals surface area contributed by atoms with Crippen LogP contribution in [0.4, 0.5) is 0 Å². The Morgan fingerprint density at radius 2 is 1.81 bits per heavy atom. The van der Waals surface area contributed by atoms with Gasteiger partial charge < -0.3 is 5.32 Å². The van der Waals surface area contributed by atoms with Crippen molar-refractivity contribution in [2.75, 3.05) is 6.54 Å². The third-order valence-corrected chi connectivity index (χ3v) is 3.21. The Hall–Kier alpha value is -0.240.